The molecule has 0 heterocycles. The molecule has 0 rings (SSSR count). The number of hydrogen-bond acceptors (Lipinski definition) is 3. The second-order valence-corrected chi connectivity index (χ2v) is 4.11. The summed E-state index contributed by atoms with van der Waals surface area (Å²) in [6, 6.07) is 1.98. The molecule has 0 aromatic carbocycles. The first-order valence-corrected chi connectivity index (χ1v) is 5.42. The summed E-state index contributed by atoms with van der Waals surface area (Å²) in [4.78, 5) is 11.2. The van der Waals surface area contributed by atoms with E-state index in [1.807, 2.05) is 6.07 Å². The lowest BCUT2D eigenvalue weighted by atomic mass is 9.98. The van der Waals surface area contributed by atoms with Gasteiger partial charge in [-0.25, -0.2) is 0 Å². The van der Waals surface area contributed by atoms with E-state index in [1.54, 1.807) is 0 Å². The van der Waals surface area contributed by atoms with Gasteiger partial charge in [-0.1, -0.05) is 20.8 Å². The zero-order chi connectivity index (χ0) is 11.7. The van der Waals surface area contributed by atoms with Gasteiger partial charge >= 0.3 is 0 Å². The highest BCUT2D eigenvalue weighted by molar-refractivity contribution is 5.77. The van der Waals surface area contributed by atoms with Gasteiger partial charge in [0.15, 0.2) is 0 Å². The van der Waals surface area contributed by atoms with Gasteiger partial charge in [0.05, 0.1) is 19.0 Å². The maximum atomic E-state index is 11.2. The van der Waals surface area contributed by atoms with E-state index >= 15 is 0 Å². The molecule has 86 valence electrons. The van der Waals surface area contributed by atoms with Crippen molar-refractivity contribution >= 4 is 5.91 Å². The molecule has 15 heavy (non-hydrogen) atoms. The number of nitrogens with zero attached hydrogens (tertiary/aromatic N) is 1. The Morgan fingerprint density at radius 3 is 2.60 bits per heavy atom. The number of nitriles is 1. The van der Waals surface area contributed by atoms with Crippen LogP contribution in [0.5, 0.6) is 0 Å². The lowest BCUT2D eigenvalue weighted by molar-refractivity contribution is -0.120. The van der Waals surface area contributed by atoms with Crippen molar-refractivity contribution in [3.63, 3.8) is 0 Å². The van der Waals surface area contributed by atoms with E-state index in [0.29, 0.717) is 31.3 Å². The minimum atomic E-state index is -0.0405. The van der Waals surface area contributed by atoms with Crippen molar-refractivity contribution in [2.75, 3.05) is 19.6 Å². The highest BCUT2D eigenvalue weighted by atomic mass is 16.1. The largest absolute Gasteiger partial charge is 0.354 e. The number of rotatable bonds is 7. The van der Waals surface area contributed by atoms with Crippen molar-refractivity contribution in [2.24, 2.45) is 11.8 Å². The molecular formula is C11H21N3O. The van der Waals surface area contributed by atoms with E-state index in [2.05, 4.69) is 31.4 Å². The summed E-state index contributed by atoms with van der Waals surface area (Å²) in [6.45, 7) is 8.12. The van der Waals surface area contributed by atoms with Gasteiger partial charge in [0.25, 0.3) is 0 Å². The molecule has 0 aliphatic carbocycles. The fraction of sp³-hybridized carbons (Fsp3) is 0.818. The van der Waals surface area contributed by atoms with Crippen LogP contribution in [-0.4, -0.2) is 25.5 Å². The molecule has 0 aliphatic rings. The SMILES string of the molecule is CC(C)C(C)CNCC(=O)NCCC#N. The van der Waals surface area contributed by atoms with Crippen LogP contribution in [0.1, 0.15) is 27.2 Å². The normalized spacial score (nSPS) is 12.2. The first kappa shape index (κ1) is 13.9. The Morgan fingerprint density at radius 1 is 1.40 bits per heavy atom. The van der Waals surface area contributed by atoms with Gasteiger partial charge < -0.3 is 10.6 Å². The minimum absolute atomic E-state index is 0.0405. The van der Waals surface area contributed by atoms with Gasteiger partial charge in [0, 0.05) is 6.54 Å². The quantitative estimate of drug-likeness (QED) is 0.615. The molecule has 1 atom stereocenters. The van der Waals surface area contributed by atoms with Crippen molar-refractivity contribution in [3.8, 4) is 6.07 Å². The minimum Gasteiger partial charge on any atom is -0.354 e. The van der Waals surface area contributed by atoms with Crippen LogP contribution in [0.3, 0.4) is 0 Å². The Labute approximate surface area is 92.0 Å². The van der Waals surface area contributed by atoms with Crippen LogP contribution in [0.2, 0.25) is 0 Å². The number of nitrogens with one attached hydrogen (secondary N) is 2. The molecule has 0 aliphatic heterocycles. The van der Waals surface area contributed by atoms with E-state index in [9.17, 15) is 4.79 Å². The molecule has 0 saturated carbocycles. The maximum absolute atomic E-state index is 11.2. The summed E-state index contributed by atoms with van der Waals surface area (Å²) in [7, 11) is 0. The summed E-state index contributed by atoms with van der Waals surface area (Å²) < 4.78 is 0. The summed E-state index contributed by atoms with van der Waals surface area (Å²) in [5.41, 5.74) is 0. The molecule has 1 unspecified atom stereocenters. The van der Waals surface area contributed by atoms with Crippen molar-refractivity contribution in [1.29, 1.82) is 5.26 Å². The molecule has 0 radical (unpaired) electrons. The average molecular weight is 211 g/mol. The topological polar surface area (TPSA) is 64.9 Å². The number of carbonyl (C=O) groups is 1. The maximum Gasteiger partial charge on any atom is 0.233 e. The fourth-order valence-corrected chi connectivity index (χ4v) is 0.969. The molecular weight excluding hydrogens is 190 g/mol. The van der Waals surface area contributed by atoms with Gasteiger partial charge in [-0.2, -0.15) is 5.26 Å². The van der Waals surface area contributed by atoms with Gasteiger partial charge in [-0.3, -0.25) is 4.79 Å². The van der Waals surface area contributed by atoms with Crippen molar-refractivity contribution < 1.29 is 4.79 Å². The van der Waals surface area contributed by atoms with Crippen LogP contribution < -0.4 is 10.6 Å². The van der Waals surface area contributed by atoms with Crippen LogP contribution >= 0.6 is 0 Å². The molecule has 0 aromatic rings. The molecule has 0 fully saturated rings. The second kappa shape index (κ2) is 8.25. The predicted octanol–water partition coefficient (Wildman–Crippen LogP) is 0.898. The predicted molar refractivity (Wildman–Crippen MR) is 60.1 cm³/mol. The van der Waals surface area contributed by atoms with Gasteiger partial charge in [0.2, 0.25) is 5.91 Å². The summed E-state index contributed by atoms with van der Waals surface area (Å²) in [5.74, 6) is 1.15. The van der Waals surface area contributed by atoms with E-state index in [4.69, 9.17) is 5.26 Å². The lowest BCUT2D eigenvalue weighted by Crippen LogP contribution is -2.36. The van der Waals surface area contributed by atoms with Crippen molar-refractivity contribution in [3.05, 3.63) is 0 Å². The Hall–Kier alpha value is -1.08. The second-order valence-electron chi connectivity index (χ2n) is 4.11. The standard InChI is InChI=1S/C11H21N3O/c1-9(2)10(3)7-13-8-11(15)14-6-4-5-12/h9-10,13H,4,6-8H2,1-3H3,(H,14,15). The first-order valence-electron chi connectivity index (χ1n) is 5.42. The number of hydrogen-bond donors (Lipinski definition) is 2. The zero-order valence-electron chi connectivity index (χ0n) is 9.84. The Morgan fingerprint density at radius 2 is 2.07 bits per heavy atom. The van der Waals surface area contributed by atoms with E-state index < -0.39 is 0 Å². The van der Waals surface area contributed by atoms with Gasteiger partial charge in [0.1, 0.15) is 0 Å². The van der Waals surface area contributed by atoms with Crippen LogP contribution in [0.4, 0.5) is 0 Å². The van der Waals surface area contributed by atoms with E-state index in [0.717, 1.165) is 6.54 Å². The molecule has 0 aromatic heterocycles. The monoisotopic (exact) mass is 211 g/mol. The highest BCUT2D eigenvalue weighted by Gasteiger charge is 2.07. The van der Waals surface area contributed by atoms with Crippen LogP contribution in [-0.2, 0) is 4.79 Å². The highest BCUT2D eigenvalue weighted by Crippen LogP contribution is 2.06. The third-order valence-corrected chi connectivity index (χ3v) is 2.45. The van der Waals surface area contributed by atoms with Gasteiger partial charge in [-0.05, 0) is 18.4 Å². The Bertz CT molecular complexity index is 220. The Balaban J connectivity index is 3.43. The lowest BCUT2D eigenvalue weighted by Gasteiger charge is -2.15. The van der Waals surface area contributed by atoms with Crippen LogP contribution in [0.25, 0.3) is 0 Å². The van der Waals surface area contributed by atoms with Crippen LogP contribution in [0.15, 0.2) is 0 Å². The summed E-state index contributed by atoms with van der Waals surface area (Å²) >= 11 is 0. The molecule has 0 bridgehead atoms. The molecule has 2 N–H and O–H groups in total. The average Bonchev–Trinajstić information content (AvgIpc) is 2.18. The summed E-state index contributed by atoms with van der Waals surface area (Å²) in [5, 5.41) is 14.0. The molecule has 0 saturated heterocycles. The molecule has 1 amide bonds. The molecule has 4 heteroatoms. The number of carbonyl (C=O) groups excluding carboxylic acids is 1. The number of amides is 1. The van der Waals surface area contributed by atoms with Crippen LogP contribution in [0, 0.1) is 23.2 Å². The van der Waals surface area contributed by atoms with Gasteiger partial charge in [-0.15, -0.1) is 0 Å². The first-order chi connectivity index (χ1) is 7.07. The zero-order valence-corrected chi connectivity index (χ0v) is 9.84. The van der Waals surface area contributed by atoms with Crippen molar-refractivity contribution in [2.45, 2.75) is 27.2 Å². The molecule has 4 nitrogen and oxygen atoms in total. The smallest absolute Gasteiger partial charge is 0.233 e. The van der Waals surface area contributed by atoms with E-state index in [1.165, 1.54) is 0 Å². The van der Waals surface area contributed by atoms with Crippen molar-refractivity contribution in [1.82, 2.24) is 10.6 Å². The third kappa shape index (κ3) is 7.95. The van der Waals surface area contributed by atoms with E-state index in [-0.39, 0.29) is 5.91 Å². The fourth-order valence-electron chi connectivity index (χ4n) is 0.969. The third-order valence-electron chi connectivity index (χ3n) is 2.45. The summed E-state index contributed by atoms with van der Waals surface area (Å²) in [6.07, 6.45) is 0.369. The Kier molecular flexibility index (Phi) is 7.65. The molecule has 0 spiro atoms.